The highest BCUT2D eigenvalue weighted by Crippen LogP contribution is 2.47. The van der Waals surface area contributed by atoms with Crippen LogP contribution < -0.4 is 0 Å². The number of methoxy groups -OCH3 is 1. The van der Waals surface area contributed by atoms with Crippen LogP contribution in [0.1, 0.15) is 87.0 Å². The maximum Gasteiger partial charge on any atom is 0.330 e. The second-order valence-corrected chi connectivity index (χ2v) is 14.4. The molecule has 3 aliphatic heterocycles. The fraction of sp³-hybridized carbons (Fsp3) is 0.794. The highest BCUT2D eigenvalue weighted by atomic mass is 16.7. The van der Waals surface area contributed by atoms with Gasteiger partial charge < -0.3 is 48.5 Å². The molecule has 0 aromatic carbocycles. The smallest absolute Gasteiger partial charge is 0.330 e. The molecule has 0 spiro atoms. The lowest BCUT2D eigenvalue weighted by Crippen LogP contribution is -2.62. The van der Waals surface area contributed by atoms with Gasteiger partial charge in [-0.3, -0.25) is 9.59 Å². The van der Waals surface area contributed by atoms with Crippen LogP contribution in [0.15, 0.2) is 23.8 Å². The third kappa shape index (κ3) is 10.8. The Balaban J connectivity index is 2.08. The molecule has 47 heavy (non-hydrogen) atoms. The fourth-order valence-electron chi connectivity index (χ4n) is 5.96. The summed E-state index contributed by atoms with van der Waals surface area (Å²) in [5.74, 6) is -4.46. The Morgan fingerprint density at radius 1 is 1.09 bits per heavy atom. The predicted molar refractivity (Wildman–Crippen MR) is 167 cm³/mol. The zero-order chi connectivity index (χ0) is 35.2. The Hall–Kier alpha value is -2.39. The standard InChI is InChI=1S/C34H54O13/c1-20(35)26-18-25-15-22(16-28(38)41-8)31(44-21(2)36)34(40,47-25)33(6,7)12-9-30-43-14-11-24(45-30)19-27(32(3,4)5)42-13-10-23(37)17-29(39)46-26/h9,12,16,20,23-27,30-31,35,37,40H,10-11,13-15,17-19H2,1-8H3/b12-9+,22-16?/t20-,23-,24+,25?,26-,27+,30+,31+,34-/m1/s1. The normalized spacial score (nSPS) is 36.8. The Morgan fingerprint density at radius 3 is 2.38 bits per heavy atom. The third-order valence-corrected chi connectivity index (χ3v) is 8.86. The number of rotatable bonds is 3. The van der Waals surface area contributed by atoms with E-state index >= 15 is 0 Å². The van der Waals surface area contributed by atoms with E-state index in [1.807, 2.05) is 0 Å². The minimum absolute atomic E-state index is 0.0264. The summed E-state index contributed by atoms with van der Waals surface area (Å²) in [4.78, 5) is 37.6. The van der Waals surface area contributed by atoms with Crippen molar-refractivity contribution in [3.8, 4) is 0 Å². The number of hydrogen-bond donors (Lipinski definition) is 3. The molecular weight excluding hydrogens is 616 g/mol. The summed E-state index contributed by atoms with van der Waals surface area (Å²) in [7, 11) is 1.19. The summed E-state index contributed by atoms with van der Waals surface area (Å²) < 4.78 is 40.7. The number of aliphatic hydroxyl groups excluding tert-OH is 2. The SMILES string of the molecule is COC(=O)C=C1CC2C[C@H]([C@@H](C)O)OC(=O)C[C@H](O)CCO[C@H](C(C)(C)C)C[C@@H]3CCO[C@H](/C=C/C(C)(C)[C@](O)(O2)[C@H]1OC(C)=O)O3. The number of fused-ring (bicyclic) bond motifs is 4. The summed E-state index contributed by atoms with van der Waals surface area (Å²) >= 11 is 0. The van der Waals surface area contributed by atoms with Crippen LogP contribution in [-0.4, -0.2) is 108 Å². The van der Waals surface area contributed by atoms with Gasteiger partial charge in [-0.05, 0) is 43.3 Å². The van der Waals surface area contributed by atoms with Crippen molar-refractivity contribution >= 4 is 17.9 Å². The van der Waals surface area contributed by atoms with E-state index in [2.05, 4.69) is 20.8 Å². The van der Waals surface area contributed by atoms with Gasteiger partial charge in [0.2, 0.25) is 5.79 Å². The molecule has 0 aromatic heterocycles. The zero-order valence-corrected chi connectivity index (χ0v) is 28.9. The maximum atomic E-state index is 12.9. The number of esters is 3. The molecule has 0 aliphatic carbocycles. The Bertz CT molecular complexity index is 1140. The first-order chi connectivity index (χ1) is 21.8. The van der Waals surface area contributed by atoms with Crippen LogP contribution in [0, 0.1) is 10.8 Å². The molecule has 0 amide bonds. The lowest BCUT2D eigenvalue weighted by molar-refractivity contribution is -0.327. The first kappa shape index (κ1) is 39.1. The summed E-state index contributed by atoms with van der Waals surface area (Å²) in [6.07, 6.45) is -1.48. The first-order valence-corrected chi connectivity index (χ1v) is 16.3. The second kappa shape index (κ2) is 16.3. The van der Waals surface area contributed by atoms with Crippen LogP contribution in [0.5, 0.6) is 0 Å². The molecule has 2 fully saturated rings. The van der Waals surface area contributed by atoms with Crippen molar-refractivity contribution in [3.05, 3.63) is 23.8 Å². The van der Waals surface area contributed by atoms with Crippen LogP contribution in [-0.2, 0) is 47.5 Å². The van der Waals surface area contributed by atoms with E-state index in [1.165, 1.54) is 21.0 Å². The van der Waals surface area contributed by atoms with Gasteiger partial charge in [0.25, 0.3) is 0 Å². The largest absolute Gasteiger partial charge is 0.466 e. The van der Waals surface area contributed by atoms with E-state index in [9.17, 15) is 29.7 Å². The quantitative estimate of drug-likeness (QED) is 0.173. The lowest BCUT2D eigenvalue weighted by atomic mass is 9.74. The van der Waals surface area contributed by atoms with Crippen LogP contribution in [0.4, 0.5) is 0 Å². The lowest BCUT2D eigenvalue weighted by Gasteiger charge is -2.51. The molecule has 9 atom stereocenters. The van der Waals surface area contributed by atoms with Crippen molar-refractivity contribution in [2.75, 3.05) is 20.3 Å². The predicted octanol–water partition coefficient (Wildman–Crippen LogP) is 2.87. The number of hydrogen-bond acceptors (Lipinski definition) is 13. The average Bonchev–Trinajstić information content (AvgIpc) is 2.96. The van der Waals surface area contributed by atoms with Crippen LogP contribution in [0.25, 0.3) is 0 Å². The van der Waals surface area contributed by atoms with Gasteiger partial charge in [-0.2, -0.15) is 0 Å². The highest BCUT2D eigenvalue weighted by molar-refractivity contribution is 5.83. The summed E-state index contributed by atoms with van der Waals surface area (Å²) in [5.41, 5.74) is -1.35. The molecule has 3 rings (SSSR count). The van der Waals surface area contributed by atoms with Gasteiger partial charge in [-0.15, -0.1) is 0 Å². The molecule has 4 bridgehead atoms. The van der Waals surface area contributed by atoms with Gasteiger partial charge in [0.1, 0.15) is 6.10 Å². The molecule has 3 aliphatic rings. The van der Waals surface area contributed by atoms with E-state index < -0.39 is 65.9 Å². The topological polar surface area (TPSA) is 177 Å². The molecule has 3 heterocycles. The molecule has 13 heteroatoms. The average molecular weight is 671 g/mol. The van der Waals surface area contributed by atoms with E-state index in [1.54, 1.807) is 26.0 Å². The molecule has 2 saturated heterocycles. The van der Waals surface area contributed by atoms with E-state index in [0.717, 1.165) is 6.08 Å². The number of cyclic esters (lactones) is 1. The van der Waals surface area contributed by atoms with Crippen molar-refractivity contribution in [2.24, 2.45) is 10.8 Å². The van der Waals surface area contributed by atoms with Crippen LogP contribution in [0.2, 0.25) is 0 Å². The van der Waals surface area contributed by atoms with E-state index in [4.69, 9.17) is 33.2 Å². The monoisotopic (exact) mass is 670 g/mol. The van der Waals surface area contributed by atoms with Crippen molar-refractivity contribution in [2.45, 2.75) is 142 Å². The van der Waals surface area contributed by atoms with Gasteiger partial charge in [0.15, 0.2) is 12.4 Å². The molecule has 0 radical (unpaired) electrons. The van der Waals surface area contributed by atoms with Gasteiger partial charge in [-0.1, -0.05) is 40.7 Å². The van der Waals surface area contributed by atoms with Crippen molar-refractivity contribution in [1.29, 1.82) is 0 Å². The molecule has 13 nitrogen and oxygen atoms in total. The minimum Gasteiger partial charge on any atom is -0.466 e. The minimum atomic E-state index is -2.26. The fourth-order valence-corrected chi connectivity index (χ4v) is 5.96. The highest BCUT2D eigenvalue weighted by Gasteiger charge is 2.57. The molecular formula is C34H54O13. The Kier molecular flexibility index (Phi) is 13.6. The van der Waals surface area contributed by atoms with Crippen molar-refractivity contribution in [3.63, 3.8) is 0 Å². The Morgan fingerprint density at radius 2 is 1.77 bits per heavy atom. The number of ether oxygens (including phenoxy) is 7. The molecule has 1 unspecified atom stereocenters. The molecule has 268 valence electrons. The number of carbonyl (C=O) groups excluding carboxylic acids is 3. The van der Waals surface area contributed by atoms with Gasteiger partial charge in [-0.25, -0.2) is 4.79 Å². The maximum absolute atomic E-state index is 12.9. The summed E-state index contributed by atoms with van der Waals surface area (Å²) in [5, 5.41) is 33.6. The molecule has 0 saturated carbocycles. The van der Waals surface area contributed by atoms with Gasteiger partial charge in [0.05, 0.1) is 50.7 Å². The first-order valence-electron chi connectivity index (χ1n) is 16.3. The molecule has 0 aromatic rings. The van der Waals surface area contributed by atoms with E-state index in [-0.39, 0.29) is 55.5 Å². The van der Waals surface area contributed by atoms with Crippen LogP contribution >= 0.6 is 0 Å². The molecule has 3 N–H and O–H groups in total. The zero-order valence-electron chi connectivity index (χ0n) is 28.9. The third-order valence-electron chi connectivity index (χ3n) is 8.86. The summed E-state index contributed by atoms with van der Waals surface area (Å²) in [6, 6.07) is 0. The van der Waals surface area contributed by atoms with Gasteiger partial charge >= 0.3 is 17.9 Å². The van der Waals surface area contributed by atoms with Crippen LogP contribution in [0.3, 0.4) is 0 Å². The van der Waals surface area contributed by atoms with Crippen molar-refractivity contribution < 1.29 is 62.9 Å². The Labute approximate surface area is 277 Å². The number of aliphatic hydroxyl groups is 3. The number of carbonyl (C=O) groups is 3. The van der Waals surface area contributed by atoms with Gasteiger partial charge in [0, 0.05) is 37.9 Å². The van der Waals surface area contributed by atoms with E-state index in [0.29, 0.717) is 19.4 Å². The van der Waals surface area contributed by atoms with Crippen molar-refractivity contribution in [1.82, 2.24) is 0 Å². The summed E-state index contributed by atoms with van der Waals surface area (Å²) in [6.45, 7) is 12.8. The second-order valence-electron chi connectivity index (χ2n) is 14.4.